The largest absolute Gasteiger partial charge is 0.489 e. The van der Waals surface area contributed by atoms with E-state index >= 15 is 0 Å². The molecule has 1 heterocycles. The molecule has 1 aliphatic rings. The molecule has 0 amide bonds. The van der Waals surface area contributed by atoms with Gasteiger partial charge in [-0.25, -0.2) is 0 Å². The van der Waals surface area contributed by atoms with Crippen molar-refractivity contribution < 1.29 is 9.53 Å². The molecule has 0 fully saturated rings. The summed E-state index contributed by atoms with van der Waals surface area (Å²) in [6.07, 6.45) is 0. The first kappa shape index (κ1) is 10.1. The predicted octanol–water partition coefficient (Wildman–Crippen LogP) is 3.18. The zero-order chi connectivity index (χ0) is 10.3. The molecular formula is C9H5Cl3O2. The minimum absolute atomic E-state index is 0.148. The second-order valence-corrected chi connectivity index (χ2v) is 4.28. The van der Waals surface area contributed by atoms with Crippen molar-refractivity contribution in [3.05, 3.63) is 27.7 Å². The molecule has 0 saturated heterocycles. The van der Waals surface area contributed by atoms with E-state index < -0.39 is 5.38 Å². The Morgan fingerprint density at radius 3 is 2.79 bits per heavy atom. The van der Waals surface area contributed by atoms with Gasteiger partial charge in [0.05, 0.1) is 10.6 Å². The highest BCUT2D eigenvalue weighted by Gasteiger charge is 2.29. The number of ketones is 1. The van der Waals surface area contributed by atoms with Crippen LogP contribution >= 0.6 is 34.8 Å². The number of alkyl halides is 1. The Labute approximate surface area is 95.7 Å². The third-order valence-corrected chi connectivity index (χ3v) is 2.76. The van der Waals surface area contributed by atoms with Gasteiger partial charge < -0.3 is 4.74 Å². The molecule has 0 spiro atoms. The molecule has 0 radical (unpaired) electrons. The number of benzene rings is 1. The van der Waals surface area contributed by atoms with E-state index in [9.17, 15) is 4.79 Å². The summed E-state index contributed by atoms with van der Waals surface area (Å²) in [5, 5.41) is 0.0814. The highest BCUT2D eigenvalue weighted by molar-refractivity contribution is 6.39. The fraction of sp³-hybridized carbons (Fsp3) is 0.222. The smallest absolute Gasteiger partial charge is 0.187 e. The van der Waals surface area contributed by atoms with E-state index in [0.717, 1.165) is 0 Å². The first-order valence-electron chi connectivity index (χ1n) is 3.89. The zero-order valence-corrected chi connectivity index (χ0v) is 9.16. The molecular weight excluding hydrogens is 246 g/mol. The second-order valence-electron chi connectivity index (χ2n) is 2.91. The Morgan fingerprint density at radius 2 is 2.07 bits per heavy atom. The van der Waals surface area contributed by atoms with Gasteiger partial charge in [0.25, 0.3) is 0 Å². The number of fused-ring (bicyclic) bond motifs is 1. The summed E-state index contributed by atoms with van der Waals surface area (Å²) in [5.41, 5.74) is 0.355. The van der Waals surface area contributed by atoms with E-state index in [1.54, 1.807) is 0 Å². The molecule has 1 aromatic carbocycles. The van der Waals surface area contributed by atoms with Crippen LogP contribution in [-0.2, 0) is 0 Å². The average molecular weight is 251 g/mol. The minimum atomic E-state index is -0.656. The van der Waals surface area contributed by atoms with E-state index in [1.165, 1.54) is 12.1 Å². The lowest BCUT2D eigenvalue weighted by Crippen LogP contribution is -2.28. The molecule has 0 N–H and O–H groups in total. The minimum Gasteiger partial charge on any atom is -0.489 e. The third-order valence-electron chi connectivity index (χ3n) is 1.93. The molecule has 74 valence electrons. The van der Waals surface area contributed by atoms with Crippen LogP contribution in [0.15, 0.2) is 12.1 Å². The fourth-order valence-corrected chi connectivity index (χ4v) is 2.02. The van der Waals surface area contributed by atoms with Crippen LogP contribution < -0.4 is 4.74 Å². The number of carbonyl (C=O) groups is 1. The lowest BCUT2D eigenvalue weighted by Gasteiger charge is -2.21. The Hall–Kier alpha value is -0.440. The van der Waals surface area contributed by atoms with Crippen LogP contribution in [0.3, 0.4) is 0 Å². The number of rotatable bonds is 0. The van der Waals surface area contributed by atoms with Gasteiger partial charge >= 0.3 is 0 Å². The summed E-state index contributed by atoms with van der Waals surface area (Å²) < 4.78 is 5.25. The van der Waals surface area contributed by atoms with Gasteiger partial charge in [-0.1, -0.05) is 23.2 Å². The fourth-order valence-electron chi connectivity index (χ4n) is 1.29. The van der Waals surface area contributed by atoms with Crippen LogP contribution in [0.2, 0.25) is 10.0 Å². The predicted molar refractivity (Wildman–Crippen MR) is 55.9 cm³/mol. The van der Waals surface area contributed by atoms with Gasteiger partial charge in [-0.15, -0.1) is 11.6 Å². The molecule has 1 atom stereocenters. The Morgan fingerprint density at radius 1 is 1.36 bits per heavy atom. The van der Waals surface area contributed by atoms with Crippen molar-refractivity contribution in [2.75, 3.05) is 6.61 Å². The van der Waals surface area contributed by atoms with Crippen molar-refractivity contribution in [2.24, 2.45) is 0 Å². The Balaban J connectivity index is 2.60. The topological polar surface area (TPSA) is 26.3 Å². The van der Waals surface area contributed by atoms with Crippen LogP contribution in [-0.4, -0.2) is 17.8 Å². The molecule has 5 heteroatoms. The van der Waals surface area contributed by atoms with Gasteiger partial charge in [-0.2, -0.15) is 0 Å². The van der Waals surface area contributed by atoms with Gasteiger partial charge in [0.1, 0.15) is 17.7 Å². The van der Waals surface area contributed by atoms with E-state index in [2.05, 4.69) is 0 Å². The van der Waals surface area contributed by atoms with E-state index in [4.69, 9.17) is 39.5 Å². The first-order chi connectivity index (χ1) is 6.59. The van der Waals surface area contributed by atoms with Crippen molar-refractivity contribution in [1.82, 2.24) is 0 Å². The van der Waals surface area contributed by atoms with Gasteiger partial charge in [0.2, 0.25) is 0 Å². The molecule has 1 aliphatic heterocycles. The summed E-state index contributed by atoms with van der Waals surface area (Å²) in [7, 11) is 0. The molecule has 0 aromatic heterocycles. The number of Topliss-reactive ketones (excluding diaryl/α,β-unsaturated/α-hetero) is 1. The molecule has 1 unspecified atom stereocenters. The summed E-state index contributed by atoms with van der Waals surface area (Å²) in [4.78, 5) is 11.6. The van der Waals surface area contributed by atoms with Gasteiger partial charge in [0.15, 0.2) is 5.78 Å². The number of ether oxygens (including phenoxy) is 1. The zero-order valence-electron chi connectivity index (χ0n) is 6.89. The number of hydrogen-bond acceptors (Lipinski definition) is 2. The molecule has 0 saturated carbocycles. The third kappa shape index (κ3) is 1.58. The summed E-state index contributed by atoms with van der Waals surface area (Å²) in [6.45, 7) is 0.148. The molecule has 0 aliphatic carbocycles. The highest BCUT2D eigenvalue weighted by Crippen LogP contribution is 2.36. The van der Waals surface area contributed by atoms with Crippen LogP contribution in [0.5, 0.6) is 5.75 Å². The van der Waals surface area contributed by atoms with Crippen molar-refractivity contribution >= 4 is 40.6 Å². The van der Waals surface area contributed by atoms with E-state index in [0.29, 0.717) is 21.4 Å². The summed E-state index contributed by atoms with van der Waals surface area (Å²) in [6, 6.07) is 3.05. The quantitative estimate of drug-likeness (QED) is 0.662. The lowest BCUT2D eigenvalue weighted by molar-refractivity contribution is 0.0939. The maximum absolute atomic E-state index is 11.6. The van der Waals surface area contributed by atoms with Crippen LogP contribution in [0.25, 0.3) is 0 Å². The number of carbonyl (C=O) groups excluding carboxylic acids is 1. The molecule has 2 rings (SSSR count). The Bertz CT molecular complexity index is 403. The molecule has 2 nitrogen and oxygen atoms in total. The second kappa shape index (κ2) is 3.61. The molecule has 14 heavy (non-hydrogen) atoms. The normalized spacial score (nSPS) is 20.2. The average Bonchev–Trinajstić information content (AvgIpc) is 2.12. The van der Waals surface area contributed by atoms with Gasteiger partial charge in [-0.05, 0) is 12.1 Å². The monoisotopic (exact) mass is 250 g/mol. The standard InChI is InChI=1S/C9H5Cl3O2/c10-4-1-5-8(13)7(12)3-14-9(5)6(11)2-4/h1-2,7H,3H2. The van der Waals surface area contributed by atoms with Crippen LogP contribution in [0.1, 0.15) is 10.4 Å². The van der Waals surface area contributed by atoms with Gasteiger partial charge in [-0.3, -0.25) is 4.79 Å². The van der Waals surface area contributed by atoms with E-state index in [1.807, 2.05) is 0 Å². The molecule has 1 aromatic rings. The highest BCUT2D eigenvalue weighted by atomic mass is 35.5. The van der Waals surface area contributed by atoms with Crippen molar-refractivity contribution in [3.8, 4) is 5.75 Å². The van der Waals surface area contributed by atoms with Crippen LogP contribution in [0.4, 0.5) is 0 Å². The number of hydrogen-bond donors (Lipinski definition) is 0. The summed E-state index contributed by atoms with van der Waals surface area (Å²) in [5.74, 6) is 0.176. The Kier molecular flexibility index (Phi) is 2.60. The van der Waals surface area contributed by atoms with Crippen molar-refractivity contribution in [2.45, 2.75) is 5.38 Å². The van der Waals surface area contributed by atoms with Gasteiger partial charge in [0, 0.05) is 5.02 Å². The van der Waals surface area contributed by atoms with Crippen molar-refractivity contribution in [1.29, 1.82) is 0 Å². The van der Waals surface area contributed by atoms with E-state index in [-0.39, 0.29) is 12.4 Å². The maximum atomic E-state index is 11.6. The first-order valence-corrected chi connectivity index (χ1v) is 5.09. The number of halogens is 3. The van der Waals surface area contributed by atoms with Crippen LogP contribution in [0, 0.1) is 0 Å². The summed E-state index contributed by atoms with van der Waals surface area (Å²) >= 11 is 17.4. The van der Waals surface area contributed by atoms with Crippen molar-refractivity contribution in [3.63, 3.8) is 0 Å². The molecule has 0 bridgehead atoms. The lowest BCUT2D eigenvalue weighted by atomic mass is 10.1. The maximum Gasteiger partial charge on any atom is 0.187 e. The SMILES string of the molecule is O=C1c2cc(Cl)cc(Cl)c2OCC1Cl.